The molecule has 1 aromatic heterocycles. The molecule has 21 heavy (non-hydrogen) atoms. The molecule has 0 amide bonds. The van der Waals surface area contributed by atoms with E-state index >= 15 is 0 Å². The van der Waals surface area contributed by atoms with Gasteiger partial charge in [0.25, 0.3) is 0 Å². The van der Waals surface area contributed by atoms with Crippen LogP contribution < -0.4 is 0 Å². The number of benzene rings is 2. The molecule has 1 heterocycles. The molecule has 106 valence electrons. The maximum atomic E-state index is 3.70. The van der Waals surface area contributed by atoms with Crippen LogP contribution in [0.15, 0.2) is 42.5 Å². The van der Waals surface area contributed by atoms with Crippen molar-refractivity contribution < 1.29 is 0 Å². The predicted molar refractivity (Wildman–Crippen MR) is 89.0 cm³/mol. The zero-order valence-electron chi connectivity index (χ0n) is 12.7. The van der Waals surface area contributed by atoms with Gasteiger partial charge in [0.05, 0.1) is 0 Å². The maximum absolute atomic E-state index is 3.70. The summed E-state index contributed by atoms with van der Waals surface area (Å²) in [6.45, 7) is 4.43. The lowest BCUT2D eigenvalue weighted by Gasteiger charge is -2.22. The number of aromatic amines is 1. The summed E-state index contributed by atoms with van der Waals surface area (Å²) in [5.74, 6) is 0.666. The minimum Gasteiger partial charge on any atom is -0.358 e. The summed E-state index contributed by atoms with van der Waals surface area (Å²) in [7, 11) is 0. The number of H-pyrrole nitrogens is 1. The highest BCUT2D eigenvalue weighted by molar-refractivity contribution is 5.88. The highest BCUT2D eigenvalue weighted by atomic mass is 14.7. The first-order valence-electron chi connectivity index (χ1n) is 7.88. The van der Waals surface area contributed by atoms with E-state index in [-0.39, 0.29) is 0 Å². The van der Waals surface area contributed by atoms with Crippen LogP contribution in [0.5, 0.6) is 0 Å². The molecule has 4 rings (SSSR count). The Morgan fingerprint density at radius 1 is 1.00 bits per heavy atom. The van der Waals surface area contributed by atoms with Crippen LogP contribution >= 0.6 is 0 Å². The van der Waals surface area contributed by atoms with E-state index in [1.807, 2.05) is 0 Å². The van der Waals surface area contributed by atoms with Gasteiger partial charge in [-0.1, -0.05) is 42.5 Å². The van der Waals surface area contributed by atoms with Gasteiger partial charge in [-0.15, -0.1) is 0 Å². The van der Waals surface area contributed by atoms with Crippen molar-refractivity contribution in [2.24, 2.45) is 0 Å². The lowest BCUT2D eigenvalue weighted by molar-refractivity contribution is 0.582. The van der Waals surface area contributed by atoms with E-state index < -0.39 is 0 Å². The monoisotopic (exact) mass is 275 g/mol. The average molecular weight is 275 g/mol. The summed E-state index contributed by atoms with van der Waals surface area (Å²) in [6.07, 6.45) is 3.59. The molecule has 0 aliphatic heterocycles. The molecule has 2 aromatic carbocycles. The van der Waals surface area contributed by atoms with Crippen LogP contribution in [0.2, 0.25) is 0 Å². The number of aryl methyl sites for hydroxylation is 3. The number of hydrogen-bond acceptors (Lipinski definition) is 0. The smallest absolute Gasteiger partial charge is 0.0491 e. The van der Waals surface area contributed by atoms with Gasteiger partial charge in [0.15, 0.2) is 0 Å². The third kappa shape index (κ3) is 1.99. The SMILES string of the molecule is Cc1ccc2c3c([nH]c2c1C)CCC(c1ccccc1)C3. The predicted octanol–water partition coefficient (Wildman–Crippen LogP) is 5.06. The van der Waals surface area contributed by atoms with Gasteiger partial charge in [-0.2, -0.15) is 0 Å². The van der Waals surface area contributed by atoms with E-state index in [4.69, 9.17) is 0 Å². The Morgan fingerprint density at radius 2 is 1.81 bits per heavy atom. The largest absolute Gasteiger partial charge is 0.358 e. The van der Waals surface area contributed by atoms with Crippen LogP contribution in [-0.4, -0.2) is 4.98 Å². The average Bonchev–Trinajstić information content (AvgIpc) is 2.90. The maximum Gasteiger partial charge on any atom is 0.0491 e. The summed E-state index contributed by atoms with van der Waals surface area (Å²) in [5, 5.41) is 1.44. The Hall–Kier alpha value is -2.02. The molecule has 0 saturated carbocycles. The Kier molecular flexibility index (Phi) is 2.88. The van der Waals surface area contributed by atoms with Gasteiger partial charge >= 0.3 is 0 Å². The molecule has 1 heteroatoms. The van der Waals surface area contributed by atoms with Gasteiger partial charge in [0, 0.05) is 16.6 Å². The van der Waals surface area contributed by atoms with Crippen LogP contribution in [0.25, 0.3) is 10.9 Å². The molecule has 0 spiro atoms. The molecule has 0 fully saturated rings. The number of nitrogens with one attached hydrogen (secondary N) is 1. The second-order valence-electron chi connectivity index (χ2n) is 6.36. The first-order chi connectivity index (χ1) is 10.2. The molecule has 1 unspecified atom stereocenters. The Morgan fingerprint density at radius 3 is 2.62 bits per heavy atom. The summed E-state index contributed by atoms with van der Waals surface area (Å²) in [5.41, 5.74) is 8.63. The lowest BCUT2D eigenvalue weighted by Crippen LogP contribution is -2.11. The van der Waals surface area contributed by atoms with Crippen LogP contribution in [0.4, 0.5) is 0 Å². The molecule has 0 bridgehead atoms. The topological polar surface area (TPSA) is 15.8 Å². The third-order valence-corrected chi connectivity index (χ3v) is 5.17. The van der Waals surface area contributed by atoms with Gasteiger partial charge in [-0.05, 0) is 61.3 Å². The van der Waals surface area contributed by atoms with E-state index in [0.717, 1.165) is 0 Å². The Balaban J connectivity index is 1.80. The number of aromatic nitrogens is 1. The van der Waals surface area contributed by atoms with Crippen LogP contribution in [0.1, 0.15) is 40.3 Å². The fourth-order valence-corrected chi connectivity index (χ4v) is 3.74. The quantitative estimate of drug-likeness (QED) is 0.639. The summed E-state index contributed by atoms with van der Waals surface area (Å²) in [4.78, 5) is 3.70. The van der Waals surface area contributed by atoms with Crippen molar-refractivity contribution in [3.8, 4) is 0 Å². The van der Waals surface area contributed by atoms with E-state index in [2.05, 4.69) is 61.3 Å². The Labute approximate surface area is 126 Å². The number of rotatable bonds is 1. The fraction of sp³-hybridized carbons (Fsp3) is 0.300. The zero-order valence-corrected chi connectivity index (χ0v) is 12.7. The second kappa shape index (κ2) is 4.77. The highest BCUT2D eigenvalue weighted by Gasteiger charge is 2.24. The molecule has 0 radical (unpaired) electrons. The highest BCUT2D eigenvalue weighted by Crippen LogP contribution is 2.37. The standard InChI is InChI=1S/C20H21N/c1-13-8-10-17-18-12-16(15-6-4-3-5-7-15)9-11-19(18)21-20(17)14(13)2/h3-8,10,16,21H,9,11-12H2,1-2H3. The van der Waals surface area contributed by atoms with E-state index in [0.29, 0.717) is 5.92 Å². The van der Waals surface area contributed by atoms with Crippen molar-refractivity contribution in [1.29, 1.82) is 0 Å². The normalized spacial score (nSPS) is 17.9. The van der Waals surface area contributed by atoms with Crippen molar-refractivity contribution in [3.63, 3.8) is 0 Å². The first kappa shape index (κ1) is 12.7. The molecule has 1 atom stereocenters. The molecule has 1 nitrogen and oxygen atoms in total. The van der Waals surface area contributed by atoms with Gasteiger partial charge in [-0.3, -0.25) is 0 Å². The molecule has 1 aliphatic carbocycles. The van der Waals surface area contributed by atoms with Crippen LogP contribution in [0.3, 0.4) is 0 Å². The summed E-state index contributed by atoms with van der Waals surface area (Å²) < 4.78 is 0. The van der Waals surface area contributed by atoms with E-state index in [1.165, 1.54) is 52.5 Å². The van der Waals surface area contributed by atoms with Crippen molar-refractivity contribution in [2.45, 2.75) is 39.0 Å². The molecule has 3 aromatic rings. The van der Waals surface area contributed by atoms with E-state index in [1.54, 1.807) is 5.56 Å². The molecule has 1 aliphatic rings. The molecule has 0 saturated heterocycles. The lowest BCUT2D eigenvalue weighted by atomic mass is 9.82. The minimum atomic E-state index is 0.666. The third-order valence-electron chi connectivity index (χ3n) is 5.17. The van der Waals surface area contributed by atoms with Crippen molar-refractivity contribution in [1.82, 2.24) is 4.98 Å². The summed E-state index contributed by atoms with van der Waals surface area (Å²) >= 11 is 0. The van der Waals surface area contributed by atoms with Gasteiger partial charge < -0.3 is 4.98 Å². The minimum absolute atomic E-state index is 0.666. The van der Waals surface area contributed by atoms with Crippen molar-refractivity contribution in [3.05, 3.63) is 70.4 Å². The fourth-order valence-electron chi connectivity index (χ4n) is 3.74. The van der Waals surface area contributed by atoms with Crippen molar-refractivity contribution >= 4 is 10.9 Å². The first-order valence-corrected chi connectivity index (χ1v) is 7.88. The van der Waals surface area contributed by atoms with Gasteiger partial charge in [0.2, 0.25) is 0 Å². The van der Waals surface area contributed by atoms with E-state index in [9.17, 15) is 0 Å². The zero-order chi connectivity index (χ0) is 14.4. The number of fused-ring (bicyclic) bond motifs is 3. The van der Waals surface area contributed by atoms with Gasteiger partial charge in [0.1, 0.15) is 0 Å². The number of hydrogen-bond donors (Lipinski definition) is 1. The van der Waals surface area contributed by atoms with Crippen molar-refractivity contribution in [2.75, 3.05) is 0 Å². The molecular formula is C20H21N. The van der Waals surface area contributed by atoms with Crippen LogP contribution in [-0.2, 0) is 12.8 Å². The second-order valence-corrected chi connectivity index (χ2v) is 6.36. The molecule has 1 N–H and O–H groups in total. The summed E-state index contributed by atoms with van der Waals surface area (Å²) in [6, 6.07) is 15.6. The van der Waals surface area contributed by atoms with Gasteiger partial charge in [-0.25, -0.2) is 0 Å². The molecular weight excluding hydrogens is 254 g/mol. The Bertz CT molecular complexity index is 796. The van der Waals surface area contributed by atoms with Crippen LogP contribution in [0, 0.1) is 13.8 Å².